The molecule has 0 spiro atoms. The second-order valence-corrected chi connectivity index (χ2v) is 6.42. The summed E-state index contributed by atoms with van der Waals surface area (Å²) in [6, 6.07) is 10.4. The van der Waals surface area contributed by atoms with Gasteiger partial charge in [0.25, 0.3) is 5.91 Å². The molecule has 1 aromatic heterocycles. The molecule has 0 unspecified atom stereocenters. The molecule has 0 bridgehead atoms. The predicted octanol–water partition coefficient (Wildman–Crippen LogP) is 3.95. The van der Waals surface area contributed by atoms with Crippen LogP contribution < -0.4 is 5.32 Å². The number of hydrogen-bond acceptors (Lipinski definition) is 5. The first-order valence-corrected chi connectivity index (χ1v) is 8.17. The van der Waals surface area contributed by atoms with Gasteiger partial charge >= 0.3 is 5.97 Å². The van der Waals surface area contributed by atoms with Gasteiger partial charge in [-0.2, -0.15) is 0 Å². The Labute approximate surface area is 143 Å². The van der Waals surface area contributed by atoms with Gasteiger partial charge < -0.3 is 4.74 Å². The fraction of sp³-hybridized carbons (Fsp3) is 0.167. The highest BCUT2D eigenvalue weighted by atomic mass is 32.1. The molecule has 0 radical (unpaired) electrons. The minimum absolute atomic E-state index is 0.263. The molecule has 5 nitrogen and oxygen atoms in total. The van der Waals surface area contributed by atoms with E-state index in [1.54, 1.807) is 24.3 Å². The molecule has 0 saturated carbocycles. The van der Waals surface area contributed by atoms with E-state index in [2.05, 4.69) is 15.0 Å². The fourth-order valence-electron chi connectivity index (χ4n) is 2.36. The number of anilines is 1. The quantitative estimate of drug-likeness (QED) is 0.733. The number of aromatic nitrogens is 1. The van der Waals surface area contributed by atoms with Crippen molar-refractivity contribution in [1.82, 2.24) is 4.98 Å². The van der Waals surface area contributed by atoms with Crippen molar-refractivity contribution in [3.63, 3.8) is 0 Å². The van der Waals surface area contributed by atoms with Gasteiger partial charge in [-0.3, -0.25) is 10.1 Å². The summed E-state index contributed by atoms with van der Waals surface area (Å²) in [7, 11) is 1.32. The van der Waals surface area contributed by atoms with E-state index in [4.69, 9.17) is 0 Å². The van der Waals surface area contributed by atoms with E-state index in [0.717, 1.165) is 21.3 Å². The first-order valence-electron chi connectivity index (χ1n) is 7.36. The Hall–Kier alpha value is -2.73. The van der Waals surface area contributed by atoms with Crippen LogP contribution in [-0.4, -0.2) is 24.0 Å². The van der Waals surface area contributed by atoms with Gasteiger partial charge in [0.2, 0.25) is 0 Å². The predicted molar refractivity (Wildman–Crippen MR) is 94.8 cm³/mol. The number of carbonyl (C=O) groups excluding carboxylic acids is 2. The van der Waals surface area contributed by atoms with Gasteiger partial charge in [0.1, 0.15) is 0 Å². The lowest BCUT2D eigenvalue weighted by Crippen LogP contribution is -2.12. The maximum atomic E-state index is 12.4. The molecule has 0 aliphatic rings. The van der Waals surface area contributed by atoms with Crippen LogP contribution in [-0.2, 0) is 4.74 Å². The molecule has 6 heteroatoms. The molecular formula is C18H16N2O3S. The summed E-state index contributed by atoms with van der Waals surface area (Å²) < 4.78 is 5.72. The van der Waals surface area contributed by atoms with Gasteiger partial charge in [0.15, 0.2) is 5.13 Å². The number of amides is 1. The number of ether oxygens (including phenoxy) is 1. The zero-order chi connectivity index (χ0) is 17.3. The van der Waals surface area contributed by atoms with Crippen molar-refractivity contribution in [2.24, 2.45) is 0 Å². The molecule has 2 aromatic carbocycles. The number of hydrogen-bond donors (Lipinski definition) is 1. The second-order valence-electron chi connectivity index (χ2n) is 5.42. The molecule has 1 N–H and O–H groups in total. The first kappa shape index (κ1) is 16.1. The molecule has 1 heterocycles. The van der Waals surface area contributed by atoms with Crippen LogP contribution in [0, 0.1) is 13.8 Å². The average molecular weight is 340 g/mol. The third kappa shape index (κ3) is 3.00. The van der Waals surface area contributed by atoms with E-state index in [1.807, 2.05) is 26.0 Å². The molecule has 0 aliphatic heterocycles. The van der Waals surface area contributed by atoms with Crippen LogP contribution >= 0.6 is 11.3 Å². The molecule has 3 rings (SSSR count). The maximum Gasteiger partial charge on any atom is 0.337 e. The van der Waals surface area contributed by atoms with Crippen molar-refractivity contribution in [2.45, 2.75) is 13.8 Å². The lowest BCUT2D eigenvalue weighted by Gasteiger charge is -2.03. The Morgan fingerprint density at radius 3 is 2.25 bits per heavy atom. The van der Waals surface area contributed by atoms with Crippen molar-refractivity contribution in [3.05, 3.63) is 58.7 Å². The lowest BCUT2D eigenvalue weighted by atomic mass is 10.1. The van der Waals surface area contributed by atoms with E-state index in [-0.39, 0.29) is 5.91 Å². The number of nitrogens with one attached hydrogen (secondary N) is 1. The zero-order valence-corrected chi connectivity index (χ0v) is 14.4. The van der Waals surface area contributed by atoms with Gasteiger partial charge in [-0.1, -0.05) is 23.5 Å². The number of carbonyl (C=O) groups is 2. The van der Waals surface area contributed by atoms with Gasteiger partial charge in [0.05, 0.1) is 22.9 Å². The van der Waals surface area contributed by atoms with Crippen LogP contribution in [0.3, 0.4) is 0 Å². The van der Waals surface area contributed by atoms with Crippen molar-refractivity contribution in [3.8, 4) is 0 Å². The molecule has 24 heavy (non-hydrogen) atoms. The lowest BCUT2D eigenvalue weighted by molar-refractivity contribution is 0.0600. The molecule has 0 atom stereocenters. The van der Waals surface area contributed by atoms with Crippen LogP contribution in [0.15, 0.2) is 36.4 Å². The summed E-state index contributed by atoms with van der Waals surface area (Å²) >= 11 is 1.46. The number of esters is 1. The van der Waals surface area contributed by atoms with Crippen LogP contribution in [0.4, 0.5) is 5.13 Å². The highest BCUT2D eigenvalue weighted by Gasteiger charge is 2.13. The minimum Gasteiger partial charge on any atom is -0.465 e. The Morgan fingerprint density at radius 1 is 1.00 bits per heavy atom. The van der Waals surface area contributed by atoms with Crippen LogP contribution in [0.1, 0.15) is 31.8 Å². The van der Waals surface area contributed by atoms with Gasteiger partial charge in [-0.15, -0.1) is 0 Å². The summed E-state index contributed by atoms with van der Waals surface area (Å²) in [5.74, 6) is -0.695. The van der Waals surface area contributed by atoms with Crippen molar-refractivity contribution in [1.29, 1.82) is 0 Å². The minimum atomic E-state index is -0.431. The van der Waals surface area contributed by atoms with Crippen molar-refractivity contribution < 1.29 is 14.3 Å². The van der Waals surface area contributed by atoms with E-state index >= 15 is 0 Å². The third-order valence-corrected chi connectivity index (χ3v) is 4.84. The van der Waals surface area contributed by atoms with E-state index in [1.165, 1.54) is 18.4 Å². The number of rotatable bonds is 3. The third-order valence-electron chi connectivity index (χ3n) is 3.73. The van der Waals surface area contributed by atoms with E-state index < -0.39 is 5.97 Å². The Balaban J connectivity index is 1.83. The Kier molecular flexibility index (Phi) is 4.31. The number of aryl methyl sites for hydroxylation is 2. The Bertz CT molecular complexity index is 890. The molecule has 3 aromatic rings. The topological polar surface area (TPSA) is 68.3 Å². The van der Waals surface area contributed by atoms with Crippen LogP contribution in [0.5, 0.6) is 0 Å². The van der Waals surface area contributed by atoms with Crippen molar-refractivity contribution in [2.75, 3.05) is 12.4 Å². The number of nitrogens with zero attached hydrogens (tertiary/aromatic N) is 1. The summed E-state index contributed by atoms with van der Waals surface area (Å²) in [6.07, 6.45) is 0. The Morgan fingerprint density at radius 2 is 1.62 bits per heavy atom. The zero-order valence-electron chi connectivity index (χ0n) is 13.5. The molecular weight excluding hydrogens is 324 g/mol. The largest absolute Gasteiger partial charge is 0.465 e. The molecule has 122 valence electrons. The molecule has 0 aliphatic carbocycles. The fourth-order valence-corrected chi connectivity index (χ4v) is 3.36. The molecule has 0 fully saturated rings. The van der Waals surface area contributed by atoms with Gasteiger partial charge in [0, 0.05) is 5.56 Å². The molecule has 0 saturated heterocycles. The number of methoxy groups -OCH3 is 1. The van der Waals surface area contributed by atoms with E-state index in [9.17, 15) is 9.59 Å². The second kappa shape index (κ2) is 6.41. The SMILES string of the molecule is COC(=O)c1ccc(C(=O)Nc2nc3c(C)ccc(C)c3s2)cc1. The normalized spacial score (nSPS) is 10.6. The smallest absolute Gasteiger partial charge is 0.337 e. The number of fused-ring (bicyclic) bond motifs is 1. The van der Waals surface area contributed by atoms with E-state index in [0.29, 0.717) is 16.3 Å². The maximum absolute atomic E-state index is 12.4. The summed E-state index contributed by atoms with van der Waals surface area (Å²) in [5.41, 5.74) is 3.98. The van der Waals surface area contributed by atoms with Gasteiger partial charge in [-0.05, 0) is 49.2 Å². The highest BCUT2D eigenvalue weighted by Crippen LogP contribution is 2.31. The highest BCUT2D eigenvalue weighted by molar-refractivity contribution is 7.22. The first-order chi connectivity index (χ1) is 11.5. The summed E-state index contributed by atoms with van der Waals surface area (Å²) in [6.45, 7) is 4.02. The van der Waals surface area contributed by atoms with Crippen molar-refractivity contribution >= 4 is 38.6 Å². The average Bonchev–Trinajstić information content (AvgIpc) is 3.02. The summed E-state index contributed by atoms with van der Waals surface area (Å²) in [4.78, 5) is 28.3. The molecule has 1 amide bonds. The van der Waals surface area contributed by atoms with Gasteiger partial charge in [-0.25, -0.2) is 9.78 Å². The number of thiazole rings is 1. The number of benzene rings is 2. The van der Waals surface area contributed by atoms with Crippen LogP contribution in [0.25, 0.3) is 10.2 Å². The monoisotopic (exact) mass is 340 g/mol. The summed E-state index contributed by atoms with van der Waals surface area (Å²) in [5, 5.41) is 3.38. The standard InChI is InChI=1S/C18H16N2O3S/c1-10-4-5-11(2)15-14(10)19-18(24-15)20-16(21)12-6-8-13(9-7-12)17(22)23-3/h4-9H,1-3H3,(H,19,20,21). The van der Waals surface area contributed by atoms with Crippen LogP contribution in [0.2, 0.25) is 0 Å².